The summed E-state index contributed by atoms with van der Waals surface area (Å²) in [5, 5.41) is 3.33. The van der Waals surface area contributed by atoms with Crippen LogP contribution in [-0.2, 0) is 11.0 Å². The van der Waals surface area contributed by atoms with E-state index in [-0.39, 0.29) is 35.7 Å². The lowest BCUT2D eigenvalue weighted by Gasteiger charge is -2.38. The summed E-state index contributed by atoms with van der Waals surface area (Å²) in [6.45, 7) is 4.62. The Balaban J connectivity index is 0.00000280. The highest BCUT2D eigenvalue weighted by molar-refractivity contribution is 5.94. The van der Waals surface area contributed by atoms with Gasteiger partial charge in [-0.05, 0) is 50.6 Å². The predicted molar refractivity (Wildman–Crippen MR) is 101 cm³/mol. The van der Waals surface area contributed by atoms with Crippen LogP contribution >= 0.6 is 12.4 Å². The van der Waals surface area contributed by atoms with Gasteiger partial charge in [-0.15, -0.1) is 12.4 Å². The molecule has 0 saturated carbocycles. The number of carbonyl (C=O) groups excluding carboxylic acids is 2. The average Bonchev–Trinajstić information content (AvgIpc) is 2.66. The molecule has 1 aromatic carbocycles. The van der Waals surface area contributed by atoms with Crippen molar-refractivity contribution in [2.75, 3.05) is 32.7 Å². The van der Waals surface area contributed by atoms with Gasteiger partial charge in [0.15, 0.2) is 0 Å². The Hall–Kier alpha value is -1.80. The van der Waals surface area contributed by atoms with Gasteiger partial charge in [0.25, 0.3) is 5.91 Å². The molecule has 3 rings (SSSR count). The number of piperazine rings is 1. The van der Waals surface area contributed by atoms with Crippen molar-refractivity contribution in [2.45, 2.75) is 32.0 Å². The first kappa shape index (κ1) is 22.5. The molecule has 1 aromatic rings. The summed E-state index contributed by atoms with van der Waals surface area (Å²) >= 11 is 0. The molecule has 0 spiro atoms. The van der Waals surface area contributed by atoms with Crippen LogP contribution in [0.1, 0.15) is 35.7 Å². The van der Waals surface area contributed by atoms with Gasteiger partial charge in [0.2, 0.25) is 5.91 Å². The van der Waals surface area contributed by atoms with Gasteiger partial charge >= 0.3 is 6.18 Å². The van der Waals surface area contributed by atoms with E-state index in [0.29, 0.717) is 32.2 Å². The number of halogens is 4. The fourth-order valence-electron chi connectivity index (χ4n) is 3.73. The van der Waals surface area contributed by atoms with E-state index in [1.165, 1.54) is 12.1 Å². The molecule has 2 fully saturated rings. The van der Waals surface area contributed by atoms with Crippen LogP contribution in [0.2, 0.25) is 0 Å². The molecule has 2 heterocycles. The Morgan fingerprint density at radius 3 is 2.14 bits per heavy atom. The number of alkyl halides is 3. The molecule has 2 saturated heterocycles. The van der Waals surface area contributed by atoms with E-state index in [9.17, 15) is 22.8 Å². The molecule has 0 unspecified atom stereocenters. The van der Waals surface area contributed by atoms with Gasteiger partial charge in [-0.3, -0.25) is 9.59 Å². The summed E-state index contributed by atoms with van der Waals surface area (Å²) in [4.78, 5) is 28.6. The first-order valence-electron chi connectivity index (χ1n) is 9.24. The van der Waals surface area contributed by atoms with Gasteiger partial charge in [0, 0.05) is 43.7 Å². The number of nitrogens with zero attached hydrogens (tertiary/aromatic N) is 2. The van der Waals surface area contributed by atoms with Crippen molar-refractivity contribution in [2.24, 2.45) is 5.92 Å². The highest BCUT2D eigenvalue weighted by atomic mass is 35.5. The molecule has 0 aliphatic carbocycles. The highest BCUT2D eigenvalue weighted by Gasteiger charge is 2.32. The van der Waals surface area contributed by atoms with Gasteiger partial charge in [-0.1, -0.05) is 0 Å². The lowest BCUT2D eigenvalue weighted by molar-refractivity contribution is -0.138. The first-order chi connectivity index (χ1) is 12.8. The zero-order chi connectivity index (χ0) is 19.6. The van der Waals surface area contributed by atoms with E-state index in [4.69, 9.17) is 0 Å². The SMILES string of the molecule is C[C@H]1C[C@@H](C(=O)N2CCN(C(=O)c3ccc(C(F)(F)F)cc3)CC2)CCN1.Cl. The van der Waals surface area contributed by atoms with Gasteiger partial charge in [-0.25, -0.2) is 0 Å². The van der Waals surface area contributed by atoms with Crippen molar-refractivity contribution in [3.63, 3.8) is 0 Å². The Morgan fingerprint density at radius 1 is 1.04 bits per heavy atom. The van der Waals surface area contributed by atoms with Crippen LogP contribution in [-0.4, -0.2) is 60.4 Å². The van der Waals surface area contributed by atoms with Crippen LogP contribution in [0.3, 0.4) is 0 Å². The third-order valence-corrected chi connectivity index (χ3v) is 5.31. The van der Waals surface area contributed by atoms with E-state index in [2.05, 4.69) is 12.2 Å². The maximum Gasteiger partial charge on any atom is 0.416 e. The standard InChI is InChI=1S/C19H24F3N3O2.ClH/c1-13-12-15(6-7-23-13)18(27)25-10-8-24(9-11-25)17(26)14-2-4-16(5-3-14)19(20,21)22;/h2-5,13,15,23H,6-12H2,1H3;1H/t13-,15-;/m0./s1. The topological polar surface area (TPSA) is 52.7 Å². The van der Waals surface area contributed by atoms with Crippen LogP contribution in [0.15, 0.2) is 24.3 Å². The largest absolute Gasteiger partial charge is 0.416 e. The fourth-order valence-corrected chi connectivity index (χ4v) is 3.73. The zero-order valence-electron chi connectivity index (χ0n) is 15.7. The second-order valence-electron chi connectivity index (χ2n) is 7.27. The summed E-state index contributed by atoms with van der Waals surface area (Å²) in [7, 11) is 0. The molecule has 156 valence electrons. The number of rotatable bonds is 2. The molecule has 2 amide bonds. The fraction of sp³-hybridized carbons (Fsp3) is 0.579. The Morgan fingerprint density at radius 2 is 1.61 bits per heavy atom. The summed E-state index contributed by atoms with van der Waals surface area (Å²) in [5.41, 5.74) is -0.541. The molecular formula is C19H25ClF3N3O2. The lowest BCUT2D eigenvalue weighted by Crippen LogP contribution is -2.53. The van der Waals surface area contributed by atoms with E-state index < -0.39 is 11.7 Å². The molecule has 2 aliphatic heterocycles. The molecule has 28 heavy (non-hydrogen) atoms. The Bertz CT molecular complexity index is 689. The zero-order valence-corrected chi connectivity index (χ0v) is 16.5. The number of hydrogen-bond donors (Lipinski definition) is 1. The maximum atomic E-state index is 12.7. The second kappa shape index (κ2) is 9.13. The van der Waals surface area contributed by atoms with Crippen molar-refractivity contribution in [1.82, 2.24) is 15.1 Å². The van der Waals surface area contributed by atoms with Gasteiger partial charge < -0.3 is 15.1 Å². The van der Waals surface area contributed by atoms with E-state index in [0.717, 1.165) is 31.5 Å². The van der Waals surface area contributed by atoms with Gasteiger partial charge in [-0.2, -0.15) is 13.2 Å². The van der Waals surface area contributed by atoms with E-state index in [1.54, 1.807) is 9.80 Å². The van der Waals surface area contributed by atoms with E-state index in [1.807, 2.05) is 0 Å². The van der Waals surface area contributed by atoms with Crippen molar-refractivity contribution in [1.29, 1.82) is 0 Å². The molecular weight excluding hydrogens is 395 g/mol. The Kier molecular flexibility index (Phi) is 7.33. The molecule has 1 N–H and O–H groups in total. The van der Waals surface area contributed by atoms with Crippen molar-refractivity contribution < 1.29 is 22.8 Å². The van der Waals surface area contributed by atoms with Crippen molar-refractivity contribution in [3.8, 4) is 0 Å². The second-order valence-corrected chi connectivity index (χ2v) is 7.27. The van der Waals surface area contributed by atoms with Crippen LogP contribution in [0.25, 0.3) is 0 Å². The highest BCUT2D eigenvalue weighted by Crippen LogP contribution is 2.29. The molecule has 5 nitrogen and oxygen atoms in total. The third-order valence-electron chi connectivity index (χ3n) is 5.31. The predicted octanol–water partition coefficient (Wildman–Crippen LogP) is 2.80. The number of nitrogens with one attached hydrogen (secondary N) is 1. The maximum absolute atomic E-state index is 12.7. The molecule has 0 aromatic heterocycles. The minimum atomic E-state index is -4.42. The molecule has 9 heteroatoms. The minimum Gasteiger partial charge on any atom is -0.339 e. The monoisotopic (exact) mass is 419 g/mol. The number of carbonyl (C=O) groups is 2. The normalized spacial score (nSPS) is 23.1. The smallest absolute Gasteiger partial charge is 0.339 e. The first-order valence-corrected chi connectivity index (χ1v) is 9.24. The molecule has 2 aliphatic rings. The molecule has 2 atom stereocenters. The summed E-state index contributed by atoms with van der Waals surface area (Å²) in [6.07, 6.45) is -2.77. The quantitative estimate of drug-likeness (QED) is 0.802. The number of hydrogen-bond acceptors (Lipinski definition) is 3. The molecule has 0 bridgehead atoms. The average molecular weight is 420 g/mol. The van der Waals surface area contributed by atoms with Crippen LogP contribution < -0.4 is 5.32 Å². The van der Waals surface area contributed by atoms with E-state index >= 15 is 0 Å². The number of benzene rings is 1. The Labute approximate surface area is 168 Å². The summed E-state index contributed by atoms with van der Waals surface area (Å²) in [5.74, 6) is -0.130. The number of amides is 2. The van der Waals surface area contributed by atoms with Crippen molar-refractivity contribution in [3.05, 3.63) is 35.4 Å². The molecule has 0 radical (unpaired) electrons. The van der Waals surface area contributed by atoms with Crippen LogP contribution in [0.5, 0.6) is 0 Å². The lowest BCUT2D eigenvalue weighted by atomic mass is 9.92. The van der Waals surface area contributed by atoms with Gasteiger partial charge in [0.1, 0.15) is 0 Å². The van der Waals surface area contributed by atoms with Crippen molar-refractivity contribution >= 4 is 24.2 Å². The summed E-state index contributed by atoms with van der Waals surface area (Å²) < 4.78 is 37.9. The minimum absolute atomic E-state index is 0. The van der Waals surface area contributed by atoms with Crippen LogP contribution in [0.4, 0.5) is 13.2 Å². The van der Waals surface area contributed by atoms with Crippen LogP contribution in [0, 0.1) is 5.92 Å². The summed E-state index contributed by atoms with van der Waals surface area (Å²) in [6, 6.07) is 4.59. The third kappa shape index (κ3) is 5.17. The van der Waals surface area contributed by atoms with Gasteiger partial charge in [0.05, 0.1) is 5.56 Å². The number of piperidine rings is 1.